The lowest BCUT2D eigenvalue weighted by molar-refractivity contribution is 0.464. The molecule has 0 spiro atoms. The molecule has 6 heteroatoms. The number of nitrogens with zero attached hydrogens (tertiary/aromatic N) is 1. The quantitative estimate of drug-likeness (QED) is 0.851. The van der Waals surface area contributed by atoms with Crippen LogP contribution in [0.15, 0.2) is 52.3 Å². The van der Waals surface area contributed by atoms with Crippen molar-refractivity contribution in [3.8, 4) is 0 Å². The lowest BCUT2D eigenvalue weighted by Crippen LogP contribution is -2.38. The summed E-state index contributed by atoms with van der Waals surface area (Å²) in [5, 5.41) is -0.990. The van der Waals surface area contributed by atoms with Crippen LogP contribution in [-0.2, 0) is 10.1 Å². The summed E-state index contributed by atoms with van der Waals surface area (Å²) in [4.78, 5) is 3.72. The molecule has 3 rings (SSSR count). The zero-order valence-corrected chi connectivity index (χ0v) is 14.0. The van der Waals surface area contributed by atoms with Gasteiger partial charge in [-0.3, -0.25) is 4.55 Å². The summed E-state index contributed by atoms with van der Waals surface area (Å²) < 4.78 is 33.4. The van der Waals surface area contributed by atoms with Crippen LogP contribution in [0.2, 0.25) is 0 Å². The third kappa shape index (κ3) is 2.62. The summed E-state index contributed by atoms with van der Waals surface area (Å²) in [6.45, 7) is 3.77. The number of hydrogen-bond acceptors (Lipinski definition) is 4. The van der Waals surface area contributed by atoms with E-state index in [2.05, 4.69) is 0 Å². The van der Waals surface area contributed by atoms with Gasteiger partial charge < -0.3 is 4.90 Å². The molecule has 22 heavy (non-hydrogen) atoms. The first-order valence-corrected chi connectivity index (χ1v) is 9.37. The minimum absolute atomic E-state index is 0.297. The molecule has 2 aromatic carbocycles. The topological polar surface area (TPSA) is 57.6 Å². The molecule has 2 aromatic rings. The number of rotatable bonds is 3. The average Bonchev–Trinajstić information content (AvgIpc) is 2.45. The lowest BCUT2D eigenvalue weighted by atomic mass is 10.1. The first-order valence-electron chi connectivity index (χ1n) is 7.05. The second-order valence-electron chi connectivity index (χ2n) is 5.29. The van der Waals surface area contributed by atoms with Crippen LogP contribution in [0.4, 0.5) is 11.4 Å². The Bertz CT molecular complexity index is 818. The Hall–Kier alpha value is -1.50. The highest BCUT2D eigenvalue weighted by molar-refractivity contribution is 7.99. The number of anilines is 2. The van der Waals surface area contributed by atoms with Crippen LogP contribution in [-0.4, -0.2) is 18.3 Å². The maximum absolute atomic E-state index is 11.9. The van der Waals surface area contributed by atoms with Gasteiger partial charge in [0.15, 0.2) is 5.37 Å². The maximum atomic E-state index is 11.9. The van der Waals surface area contributed by atoms with Gasteiger partial charge in [0, 0.05) is 9.79 Å². The molecule has 0 bridgehead atoms. The van der Waals surface area contributed by atoms with E-state index in [1.165, 1.54) is 0 Å². The molecule has 0 saturated carbocycles. The molecule has 0 aliphatic carbocycles. The Morgan fingerprint density at radius 2 is 1.82 bits per heavy atom. The Morgan fingerprint density at radius 1 is 1.14 bits per heavy atom. The minimum atomic E-state index is -4.19. The molecule has 0 fully saturated rings. The highest BCUT2D eigenvalue weighted by Gasteiger charge is 2.34. The summed E-state index contributed by atoms with van der Waals surface area (Å²) in [6, 6.07) is 13.6. The van der Waals surface area contributed by atoms with Crippen molar-refractivity contribution in [2.75, 3.05) is 4.90 Å². The first-order chi connectivity index (χ1) is 10.4. The fraction of sp³-hybridized carbons (Fsp3) is 0.250. The molecule has 0 aromatic heterocycles. The van der Waals surface area contributed by atoms with Crippen molar-refractivity contribution in [1.82, 2.24) is 0 Å². The second-order valence-corrected chi connectivity index (χ2v) is 7.95. The van der Waals surface area contributed by atoms with Crippen molar-refractivity contribution < 1.29 is 13.0 Å². The maximum Gasteiger partial charge on any atom is 0.286 e. The molecule has 1 heterocycles. The summed E-state index contributed by atoms with van der Waals surface area (Å²) in [7, 11) is -4.19. The van der Waals surface area contributed by atoms with E-state index in [9.17, 15) is 13.0 Å². The summed E-state index contributed by atoms with van der Waals surface area (Å²) in [5.41, 5.74) is 2.75. The Labute approximate surface area is 134 Å². The predicted octanol–water partition coefficient (Wildman–Crippen LogP) is 4.22. The van der Waals surface area contributed by atoms with E-state index in [1.54, 1.807) is 23.6 Å². The van der Waals surface area contributed by atoms with Crippen molar-refractivity contribution in [2.24, 2.45) is 0 Å². The number of benzene rings is 2. The zero-order valence-electron chi connectivity index (χ0n) is 12.4. The normalized spacial score (nSPS) is 15.1. The average molecular weight is 335 g/mol. The van der Waals surface area contributed by atoms with Gasteiger partial charge in [-0.05, 0) is 43.2 Å². The van der Waals surface area contributed by atoms with E-state index >= 15 is 0 Å². The number of fused-ring (bicyclic) bond motifs is 2. The van der Waals surface area contributed by atoms with Crippen LogP contribution in [0.5, 0.6) is 0 Å². The highest BCUT2D eigenvalue weighted by Crippen LogP contribution is 2.49. The van der Waals surface area contributed by atoms with E-state index < -0.39 is 15.5 Å². The van der Waals surface area contributed by atoms with Crippen LogP contribution in [0, 0.1) is 6.92 Å². The van der Waals surface area contributed by atoms with Gasteiger partial charge >= 0.3 is 0 Å². The molecule has 0 amide bonds. The highest BCUT2D eigenvalue weighted by atomic mass is 32.2. The molecule has 1 N–H and O–H groups in total. The summed E-state index contributed by atoms with van der Waals surface area (Å²) in [6.07, 6.45) is 0.297. The Balaban J connectivity index is 2.25. The number of para-hydroxylation sites is 1. The van der Waals surface area contributed by atoms with Crippen molar-refractivity contribution in [3.05, 3.63) is 48.0 Å². The zero-order chi connectivity index (χ0) is 15.9. The Kier molecular flexibility index (Phi) is 3.92. The van der Waals surface area contributed by atoms with E-state index in [1.807, 2.05) is 49.4 Å². The molecule has 4 nitrogen and oxygen atoms in total. The fourth-order valence-electron chi connectivity index (χ4n) is 2.73. The van der Waals surface area contributed by atoms with Crippen LogP contribution < -0.4 is 4.90 Å². The van der Waals surface area contributed by atoms with Crippen LogP contribution in [0.3, 0.4) is 0 Å². The van der Waals surface area contributed by atoms with Gasteiger partial charge in [-0.25, -0.2) is 0 Å². The molecule has 0 saturated heterocycles. The van der Waals surface area contributed by atoms with Crippen molar-refractivity contribution in [1.29, 1.82) is 0 Å². The third-order valence-corrected chi connectivity index (χ3v) is 6.04. The van der Waals surface area contributed by atoms with Gasteiger partial charge in [-0.15, -0.1) is 0 Å². The smallest absolute Gasteiger partial charge is 0.286 e. The fourth-order valence-corrected chi connectivity index (χ4v) is 4.81. The largest absolute Gasteiger partial charge is 0.320 e. The van der Waals surface area contributed by atoms with Crippen LogP contribution >= 0.6 is 11.8 Å². The third-order valence-electron chi connectivity index (χ3n) is 3.70. The molecule has 1 unspecified atom stereocenters. The molecule has 1 atom stereocenters. The summed E-state index contributed by atoms with van der Waals surface area (Å²) >= 11 is 1.62. The van der Waals surface area contributed by atoms with Gasteiger partial charge in [-0.2, -0.15) is 8.42 Å². The number of aryl methyl sites for hydroxylation is 1. The van der Waals surface area contributed by atoms with Crippen molar-refractivity contribution in [3.63, 3.8) is 0 Å². The first kappa shape index (κ1) is 15.4. The SMILES string of the molecule is CCC(N1c2ccccc2Sc2cc(C)ccc21)S(=O)(=O)O. The molecule has 116 valence electrons. The monoisotopic (exact) mass is 335 g/mol. The standard InChI is InChI=1S/C16H17NO3S2/c1-3-16(22(18,19)20)17-12-6-4-5-7-14(12)21-15-10-11(2)8-9-13(15)17/h4-10,16H,3H2,1-2H3,(H,18,19,20). The van der Waals surface area contributed by atoms with E-state index in [0.717, 1.165) is 26.7 Å². The molecule has 0 radical (unpaired) electrons. The van der Waals surface area contributed by atoms with E-state index in [0.29, 0.717) is 6.42 Å². The second kappa shape index (κ2) is 5.61. The molecular weight excluding hydrogens is 318 g/mol. The molecular formula is C16H17NO3S2. The predicted molar refractivity (Wildman–Crippen MR) is 89.5 cm³/mol. The summed E-state index contributed by atoms with van der Waals surface area (Å²) in [5.74, 6) is 0. The molecule has 1 aliphatic rings. The minimum Gasteiger partial charge on any atom is -0.320 e. The van der Waals surface area contributed by atoms with Gasteiger partial charge in [-0.1, -0.05) is 36.9 Å². The van der Waals surface area contributed by atoms with Gasteiger partial charge in [0.2, 0.25) is 0 Å². The van der Waals surface area contributed by atoms with Gasteiger partial charge in [0.25, 0.3) is 10.1 Å². The van der Waals surface area contributed by atoms with Crippen molar-refractivity contribution >= 4 is 33.3 Å². The van der Waals surface area contributed by atoms with E-state index in [4.69, 9.17) is 0 Å². The van der Waals surface area contributed by atoms with Crippen LogP contribution in [0.25, 0.3) is 0 Å². The van der Waals surface area contributed by atoms with Gasteiger partial charge in [0.05, 0.1) is 11.4 Å². The Morgan fingerprint density at radius 3 is 2.50 bits per heavy atom. The lowest BCUT2D eigenvalue weighted by Gasteiger charge is -2.36. The van der Waals surface area contributed by atoms with Crippen molar-refractivity contribution in [2.45, 2.75) is 35.4 Å². The van der Waals surface area contributed by atoms with Crippen LogP contribution in [0.1, 0.15) is 18.9 Å². The molecule has 1 aliphatic heterocycles. The number of hydrogen-bond donors (Lipinski definition) is 1. The van der Waals surface area contributed by atoms with Gasteiger partial charge in [0.1, 0.15) is 0 Å². The van der Waals surface area contributed by atoms with E-state index in [-0.39, 0.29) is 0 Å².